The highest BCUT2D eigenvalue weighted by Crippen LogP contribution is 2.38. The molecule has 3 fully saturated rings. The maximum absolute atomic E-state index is 12.4. The Bertz CT molecular complexity index is 396. The third-order valence-corrected chi connectivity index (χ3v) is 5.27. The van der Waals surface area contributed by atoms with Crippen molar-refractivity contribution in [3.63, 3.8) is 0 Å². The molecule has 1 aromatic rings. The van der Waals surface area contributed by atoms with Gasteiger partial charge in [0.1, 0.15) is 0 Å². The maximum atomic E-state index is 12.4. The number of hydrogen-bond donors (Lipinski definition) is 0. The summed E-state index contributed by atoms with van der Waals surface area (Å²) in [6, 6.07) is 3.96. The predicted octanol–water partition coefficient (Wildman–Crippen LogP) is -0.579. The van der Waals surface area contributed by atoms with Crippen molar-refractivity contribution in [1.29, 1.82) is 0 Å². The molecule has 0 aliphatic carbocycles. The number of rotatable bonds is 2. The van der Waals surface area contributed by atoms with Crippen molar-refractivity contribution in [3.8, 4) is 0 Å². The fraction of sp³-hybridized carbons (Fsp3) is 0.615. The number of nitrogens with zero attached hydrogens (tertiary/aromatic N) is 1. The molecule has 0 aromatic carbocycles. The van der Waals surface area contributed by atoms with Crippen LogP contribution in [0.4, 0.5) is 0 Å². The first-order valence-corrected chi connectivity index (χ1v) is 6.97. The smallest absolute Gasteiger partial charge is 0.181 e. The first kappa shape index (κ1) is 13.5. The number of hydrogen-bond acceptors (Lipinski definition) is 2. The summed E-state index contributed by atoms with van der Waals surface area (Å²) in [4.78, 5) is 13.4. The molecule has 0 saturated carbocycles. The van der Waals surface area contributed by atoms with Crippen LogP contribution in [0.25, 0.3) is 0 Å². The molecule has 94 valence electrons. The number of Topliss-reactive ketones (excluding diaryl/α,β-unsaturated/α-hetero) is 1. The van der Waals surface area contributed by atoms with Crippen LogP contribution in [0.5, 0.6) is 0 Å². The molecule has 4 heteroatoms. The van der Waals surface area contributed by atoms with Crippen molar-refractivity contribution in [3.05, 3.63) is 22.4 Å². The quantitative estimate of drug-likeness (QED) is 0.391. The SMILES string of the molecule is C[N+]12CCC(CC1)C(C(=O)c1cccs1)C2.[I-]. The predicted molar refractivity (Wildman–Crippen MR) is 65.6 cm³/mol. The Hall–Kier alpha value is 0.0600. The molecule has 17 heavy (non-hydrogen) atoms. The number of piperidine rings is 3. The minimum absolute atomic E-state index is 0. The van der Waals surface area contributed by atoms with Crippen LogP contribution in [0, 0.1) is 11.8 Å². The van der Waals surface area contributed by atoms with Crippen molar-refractivity contribution in [2.75, 3.05) is 26.7 Å². The van der Waals surface area contributed by atoms with Crippen LogP contribution >= 0.6 is 11.3 Å². The zero-order chi connectivity index (χ0) is 11.2. The molecule has 2 nitrogen and oxygen atoms in total. The largest absolute Gasteiger partial charge is 1.00 e. The molecule has 1 atom stereocenters. The summed E-state index contributed by atoms with van der Waals surface area (Å²) in [5.74, 6) is 1.37. The first-order chi connectivity index (χ1) is 7.68. The Morgan fingerprint density at radius 3 is 2.65 bits per heavy atom. The Morgan fingerprint density at radius 2 is 2.12 bits per heavy atom. The van der Waals surface area contributed by atoms with Crippen molar-refractivity contribution in [2.24, 2.45) is 11.8 Å². The average Bonchev–Trinajstić information content (AvgIpc) is 2.81. The molecule has 3 aliphatic rings. The van der Waals surface area contributed by atoms with Crippen LogP contribution in [0.1, 0.15) is 22.5 Å². The summed E-state index contributed by atoms with van der Waals surface area (Å²) in [6.07, 6.45) is 2.50. The highest BCUT2D eigenvalue weighted by atomic mass is 127. The maximum Gasteiger partial charge on any atom is 0.181 e. The highest BCUT2D eigenvalue weighted by molar-refractivity contribution is 7.12. The normalized spacial score (nSPS) is 35.4. The van der Waals surface area contributed by atoms with E-state index in [9.17, 15) is 4.79 Å². The Balaban J connectivity index is 0.00000108. The topological polar surface area (TPSA) is 17.1 Å². The van der Waals surface area contributed by atoms with Crippen molar-refractivity contribution < 1.29 is 33.3 Å². The van der Waals surface area contributed by atoms with Crippen molar-refractivity contribution >= 4 is 17.1 Å². The molecule has 2 bridgehead atoms. The molecule has 4 heterocycles. The van der Waals surface area contributed by atoms with E-state index in [1.807, 2.05) is 17.5 Å². The van der Waals surface area contributed by atoms with E-state index in [4.69, 9.17) is 0 Å². The number of halogens is 1. The van der Waals surface area contributed by atoms with Gasteiger partial charge in [0.2, 0.25) is 0 Å². The molecule has 1 aromatic heterocycles. The fourth-order valence-corrected chi connectivity index (χ4v) is 4.05. The molecule has 0 N–H and O–H groups in total. The number of quaternary nitrogens is 1. The number of carbonyl (C=O) groups is 1. The third kappa shape index (κ3) is 2.44. The van der Waals surface area contributed by atoms with Crippen LogP contribution < -0.4 is 24.0 Å². The van der Waals surface area contributed by atoms with Gasteiger partial charge >= 0.3 is 0 Å². The zero-order valence-electron chi connectivity index (χ0n) is 10.1. The zero-order valence-corrected chi connectivity index (χ0v) is 13.0. The summed E-state index contributed by atoms with van der Waals surface area (Å²) in [5, 5.41) is 2.00. The molecule has 4 rings (SSSR count). The minimum atomic E-state index is 0. The van der Waals surface area contributed by atoms with Crippen LogP contribution in [-0.2, 0) is 0 Å². The number of carbonyl (C=O) groups excluding carboxylic acids is 1. The van der Waals surface area contributed by atoms with Gasteiger partial charge in [-0.2, -0.15) is 0 Å². The van der Waals surface area contributed by atoms with E-state index in [-0.39, 0.29) is 24.0 Å². The molecule has 3 saturated heterocycles. The number of ketones is 1. The Morgan fingerprint density at radius 1 is 1.41 bits per heavy atom. The van der Waals surface area contributed by atoms with E-state index < -0.39 is 0 Å². The average molecular weight is 363 g/mol. The van der Waals surface area contributed by atoms with Crippen LogP contribution in [0.2, 0.25) is 0 Å². The second kappa shape index (κ2) is 4.97. The van der Waals surface area contributed by atoms with Gasteiger partial charge in [0.25, 0.3) is 0 Å². The van der Waals surface area contributed by atoms with Gasteiger partial charge in [0.05, 0.1) is 37.5 Å². The summed E-state index contributed by atoms with van der Waals surface area (Å²) >= 11 is 1.59. The van der Waals surface area contributed by atoms with E-state index in [0.717, 1.165) is 15.9 Å². The lowest BCUT2D eigenvalue weighted by atomic mass is 9.75. The van der Waals surface area contributed by atoms with E-state index in [2.05, 4.69) is 7.05 Å². The van der Waals surface area contributed by atoms with Gasteiger partial charge in [-0.15, -0.1) is 11.3 Å². The number of fused-ring (bicyclic) bond motifs is 3. The molecule has 0 amide bonds. The molecular formula is C13H18INOS. The van der Waals surface area contributed by atoms with Gasteiger partial charge in [0.15, 0.2) is 5.78 Å². The highest BCUT2D eigenvalue weighted by Gasteiger charge is 2.46. The van der Waals surface area contributed by atoms with Gasteiger partial charge in [-0.25, -0.2) is 0 Å². The van der Waals surface area contributed by atoms with Crippen LogP contribution in [-0.4, -0.2) is 36.9 Å². The second-order valence-corrected chi connectivity index (χ2v) is 6.48. The van der Waals surface area contributed by atoms with Crippen molar-refractivity contribution in [2.45, 2.75) is 12.8 Å². The van der Waals surface area contributed by atoms with Crippen molar-refractivity contribution in [1.82, 2.24) is 0 Å². The molecule has 0 spiro atoms. The molecule has 0 radical (unpaired) electrons. The van der Waals surface area contributed by atoms with E-state index in [0.29, 0.717) is 17.6 Å². The van der Waals surface area contributed by atoms with E-state index in [1.165, 1.54) is 25.9 Å². The van der Waals surface area contributed by atoms with Gasteiger partial charge in [-0.1, -0.05) is 6.07 Å². The van der Waals surface area contributed by atoms with E-state index in [1.54, 1.807) is 11.3 Å². The minimum Gasteiger partial charge on any atom is -1.00 e. The van der Waals surface area contributed by atoms with Crippen LogP contribution in [0.3, 0.4) is 0 Å². The van der Waals surface area contributed by atoms with E-state index >= 15 is 0 Å². The molecule has 1 unspecified atom stereocenters. The Kier molecular flexibility index (Phi) is 3.95. The lowest BCUT2D eigenvalue weighted by Crippen LogP contribution is -3.00. The summed E-state index contributed by atoms with van der Waals surface area (Å²) in [6.45, 7) is 3.62. The Labute approximate surface area is 124 Å². The standard InChI is InChI=1S/C13H18NOS.HI/c1-14-6-4-10(5-7-14)11(9-14)13(15)12-3-2-8-16-12;/h2-3,8,10-11H,4-7,9H2,1H3;1H/q+1;/p-1. The number of thiophene rings is 1. The molecule has 3 aliphatic heterocycles. The van der Waals surface area contributed by atoms with Gasteiger partial charge < -0.3 is 28.5 Å². The monoisotopic (exact) mass is 363 g/mol. The summed E-state index contributed by atoms with van der Waals surface area (Å²) in [5.41, 5.74) is 0. The molecular weight excluding hydrogens is 345 g/mol. The lowest BCUT2D eigenvalue weighted by molar-refractivity contribution is -0.927. The van der Waals surface area contributed by atoms with Crippen LogP contribution in [0.15, 0.2) is 17.5 Å². The van der Waals surface area contributed by atoms with Gasteiger partial charge in [-0.3, -0.25) is 4.79 Å². The van der Waals surface area contributed by atoms with Gasteiger partial charge in [-0.05, 0) is 17.4 Å². The summed E-state index contributed by atoms with van der Waals surface area (Å²) < 4.78 is 1.12. The van der Waals surface area contributed by atoms with Gasteiger partial charge in [0, 0.05) is 12.8 Å². The third-order valence-electron chi connectivity index (χ3n) is 4.39. The lowest BCUT2D eigenvalue weighted by Gasteiger charge is -2.50. The fourth-order valence-electron chi connectivity index (χ4n) is 3.32. The second-order valence-electron chi connectivity index (χ2n) is 5.53. The first-order valence-electron chi connectivity index (χ1n) is 6.09. The summed E-state index contributed by atoms with van der Waals surface area (Å²) in [7, 11) is 2.31.